The summed E-state index contributed by atoms with van der Waals surface area (Å²) in [4.78, 5) is 0. The lowest BCUT2D eigenvalue weighted by Crippen LogP contribution is -2.10. The van der Waals surface area contributed by atoms with Crippen molar-refractivity contribution >= 4 is 11.6 Å². The fourth-order valence-electron chi connectivity index (χ4n) is 2.52. The quantitative estimate of drug-likeness (QED) is 0.711. The smallest absolute Gasteiger partial charge is 0.416 e. The number of hydrogen-bond donors (Lipinski definition) is 0. The Labute approximate surface area is 125 Å². The van der Waals surface area contributed by atoms with Crippen LogP contribution in [0.4, 0.5) is 13.2 Å². The Bertz CT molecular complexity index is 667. The average Bonchev–Trinajstić information content (AvgIpc) is 2.93. The monoisotopic (exact) mass is 312 g/mol. The second-order valence-electron chi connectivity index (χ2n) is 4.91. The molecular weight excluding hydrogens is 301 g/mol. The number of rotatable bonds is 2. The van der Waals surface area contributed by atoms with Gasteiger partial charge in [0.05, 0.1) is 17.5 Å². The van der Waals surface area contributed by atoms with E-state index >= 15 is 0 Å². The summed E-state index contributed by atoms with van der Waals surface area (Å²) in [5.74, 6) is 0.784. The zero-order chi connectivity index (χ0) is 15.0. The summed E-state index contributed by atoms with van der Waals surface area (Å²) in [6.07, 6.45) is -3.66. The van der Waals surface area contributed by atoms with Crippen molar-refractivity contribution in [1.29, 1.82) is 0 Å². The molecule has 0 fully saturated rings. The third-order valence-electron chi connectivity index (χ3n) is 3.55. The predicted molar refractivity (Wildman–Crippen MR) is 74.8 cm³/mol. The predicted octanol–water partition coefficient (Wildman–Crippen LogP) is 4.97. The Kier molecular flexibility index (Phi) is 3.57. The minimum Gasteiger partial charge on any atom is -0.493 e. The van der Waals surface area contributed by atoms with Crippen LogP contribution >= 0.6 is 11.6 Å². The molecule has 0 spiro atoms. The van der Waals surface area contributed by atoms with E-state index in [1.165, 1.54) is 12.1 Å². The number of alkyl halides is 4. The fourth-order valence-corrected chi connectivity index (χ4v) is 2.85. The van der Waals surface area contributed by atoms with E-state index in [0.717, 1.165) is 23.8 Å². The summed E-state index contributed by atoms with van der Waals surface area (Å²) in [5, 5.41) is -0.839. The normalized spacial score (nSPS) is 15.4. The lowest BCUT2D eigenvalue weighted by atomic mass is 9.97. The van der Waals surface area contributed by atoms with Crippen molar-refractivity contribution in [2.45, 2.75) is 18.0 Å². The third kappa shape index (κ3) is 2.72. The summed E-state index contributed by atoms with van der Waals surface area (Å²) in [7, 11) is 0. The van der Waals surface area contributed by atoms with E-state index < -0.39 is 17.1 Å². The Balaban J connectivity index is 2.01. The minimum absolute atomic E-state index is 0.0746. The maximum Gasteiger partial charge on any atom is 0.416 e. The van der Waals surface area contributed by atoms with Gasteiger partial charge in [0.25, 0.3) is 0 Å². The molecule has 2 aromatic rings. The van der Waals surface area contributed by atoms with Crippen LogP contribution in [0.3, 0.4) is 0 Å². The van der Waals surface area contributed by atoms with Crippen LogP contribution < -0.4 is 4.74 Å². The van der Waals surface area contributed by atoms with Crippen molar-refractivity contribution in [3.05, 3.63) is 64.7 Å². The molecule has 0 aromatic heterocycles. The van der Waals surface area contributed by atoms with Gasteiger partial charge in [-0.05, 0) is 28.8 Å². The van der Waals surface area contributed by atoms with Crippen molar-refractivity contribution in [2.75, 3.05) is 6.61 Å². The minimum atomic E-state index is -4.41. The van der Waals surface area contributed by atoms with Gasteiger partial charge in [-0.15, -0.1) is 11.6 Å². The molecule has 3 rings (SSSR count). The van der Waals surface area contributed by atoms with E-state index in [9.17, 15) is 13.2 Å². The molecule has 0 saturated carbocycles. The van der Waals surface area contributed by atoms with Gasteiger partial charge in [-0.3, -0.25) is 0 Å². The molecule has 0 aliphatic carbocycles. The molecule has 0 bridgehead atoms. The van der Waals surface area contributed by atoms with Gasteiger partial charge in [-0.1, -0.05) is 30.3 Å². The van der Waals surface area contributed by atoms with Gasteiger partial charge in [0.1, 0.15) is 5.75 Å². The number of hydrogen-bond acceptors (Lipinski definition) is 1. The van der Waals surface area contributed by atoms with Gasteiger partial charge in [-0.25, -0.2) is 0 Å². The summed E-state index contributed by atoms with van der Waals surface area (Å²) in [6.45, 7) is 0.602. The first kappa shape index (κ1) is 14.3. The van der Waals surface area contributed by atoms with Crippen molar-refractivity contribution in [3.63, 3.8) is 0 Å². The van der Waals surface area contributed by atoms with Gasteiger partial charge in [0.15, 0.2) is 0 Å². The first-order valence-corrected chi connectivity index (χ1v) is 6.96. The molecule has 1 atom stereocenters. The van der Waals surface area contributed by atoms with Crippen LogP contribution in [-0.4, -0.2) is 6.61 Å². The molecule has 1 nitrogen and oxygen atoms in total. The first-order valence-electron chi connectivity index (χ1n) is 6.52. The largest absolute Gasteiger partial charge is 0.493 e. The lowest BCUT2D eigenvalue weighted by Gasteiger charge is -2.17. The van der Waals surface area contributed by atoms with Crippen molar-refractivity contribution in [3.8, 4) is 5.75 Å². The van der Waals surface area contributed by atoms with E-state index in [4.69, 9.17) is 16.3 Å². The molecule has 0 saturated heterocycles. The SMILES string of the molecule is FC(F)(F)c1ccccc1C(Cl)c1ccc2c(c1)CCO2. The molecule has 5 heteroatoms. The molecular formula is C16H12ClF3O. The zero-order valence-corrected chi connectivity index (χ0v) is 11.7. The standard InChI is InChI=1S/C16H12ClF3O/c17-15(11-5-6-14-10(9-11)7-8-21-14)12-3-1-2-4-13(12)16(18,19)20/h1-6,9,15H,7-8H2. The van der Waals surface area contributed by atoms with Crippen LogP contribution in [0.2, 0.25) is 0 Å². The van der Waals surface area contributed by atoms with Crippen LogP contribution in [0, 0.1) is 0 Å². The van der Waals surface area contributed by atoms with Crippen molar-refractivity contribution < 1.29 is 17.9 Å². The van der Waals surface area contributed by atoms with E-state index in [0.29, 0.717) is 12.2 Å². The summed E-state index contributed by atoms with van der Waals surface area (Å²) >= 11 is 6.30. The molecule has 110 valence electrons. The molecule has 1 aliphatic rings. The van der Waals surface area contributed by atoms with Gasteiger partial charge >= 0.3 is 6.18 Å². The molecule has 0 radical (unpaired) electrons. The Hall–Kier alpha value is -1.68. The second-order valence-corrected chi connectivity index (χ2v) is 5.35. The summed E-state index contributed by atoms with van der Waals surface area (Å²) < 4.78 is 44.6. The summed E-state index contributed by atoms with van der Waals surface area (Å²) in [5.41, 5.74) is 1.02. The number of ether oxygens (including phenoxy) is 1. The van der Waals surface area contributed by atoms with Crippen LogP contribution in [0.15, 0.2) is 42.5 Å². The average molecular weight is 313 g/mol. The van der Waals surface area contributed by atoms with Crippen molar-refractivity contribution in [2.24, 2.45) is 0 Å². The molecule has 21 heavy (non-hydrogen) atoms. The molecule has 1 unspecified atom stereocenters. The zero-order valence-electron chi connectivity index (χ0n) is 11.0. The Morgan fingerprint density at radius 1 is 1.10 bits per heavy atom. The third-order valence-corrected chi connectivity index (χ3v) is 4.03. The maximum absolute atomic E-state index is 13.1. The highest BCUT2D eigenvalue weighted by molar-refractivity contribution is 6.22. The Morgan fingerprint density at radius 2 is 1.86 bits per heavy atom. The maximum atomic E-state index is 13.1. The van der Waals surface area contributed by atoms with E-state index in [-0.39, 0.29) is 5.56 Å². The van der Waals surface area contributed by atoms with Gasteiger partial charge in [0.2, 0.25) is 0 Å². The number of fused-ring (bicyclic) bond motifs is 1. The molecule has 0 amide bonds. The first-order chi connectivity index (χ1) is 9.97. The highest BCUT2D eigenvalue weighted by atomic mass is 35.5. The van der Waals surface area contributed by atoms with Crippen LogP contribution in [-0.2, 0) is 12.6 Å². The van der Waals surface area contributed by atoms with E-state index in [2.05, 4.69) is 0 Å². The number of halogens is 4. The summed E-state index contributed by atoms with van der Waals surface area (Å²) in [6, 6.07) is 10.7. The number of benzene rings is 2. The van der Waals surface area contributed by atoms with Crippen LogP contribution in [0.25, 0.3) is 0 Å². The molecule has 1 aliphatic heterocycles. The molecule has 1 heterocycles. The molecule has 2 aromatic carbocycles. The molecule has 0 N–H and O–H groups in total. The van der Waals surface area contributed by atoms with Crippen LogP contribution in [0.1, 0.15) is 27.6 Å². The van der Waals surface area contributed by atoms with E-state index in [1.807, 2.05) is 6.07 Å². The topological polar surface area (TPSA) is 9.23 Å². The van der Waals surface area contributed by atoms with Crippen LogP contribution in [0.5, 0.6) is 5.75 Å². The van der Waals surface area contributed by atoms with Gasteiger partial charge in [0, 0.05) is 6.42 Å². The van der Waals surface area contributed by atoms with E-state index in [1.54, 1.807) is 18.2 Å². The Morgan fingerprint density at radius 3 is 2.62 bits per heavy atom. The highest BCUT2D eigenvalue weighted by Gasteiger charge is 2.35. The fraction of sp³-hybridized carbons (Fsp3) is 0.250. The second kappa shape index (κ2) is 5.26. The van der Waals surface area contributed by atoms with Gasteiger partial charge in [-0.2, -0.15) is 13.2 Å². The van der Waals surface area contributed by atoms with Crippen molar-refractivity contribution in [1.82, 2.24) is 0 Å². The highest BCUT2D eigenvalue weighted by Crippen LogP contribution is 2.40. The lowest BCUT2D eigenvalue weighted by molar-refractivity contribution is -0.138. The van der Waals surface area contributed by atoms with Gasteiger partial charge < -0.3 is 4.74 Å².